The number of fused-ring (bicyclic) bond motifs is 1. The molecule has 2 aliphatic heterocycles. The van der Waals surface area contributed by atoms with Gasteiger partial charge < -0.3 is 19.9 Å². The van der Waals surface area contributed by atoms with Crippen molar-refractivity contribution in [3.63, 3.8) is 0 Å². The van der Waals surface area contributed by atoms with Crippen molar-refractivity contribution in [3.8, 4) is 0 Å². The minimum atomic E-state index is -3.74. The number of carbonyl (C=O) groups is 1. The SMILES string of the molecule is C[C@H]1[C@@H](CN2[C@@H](C(=O)NC(C)(C)C)CC[C@H]3CCCC[C@H]32)O[C@@H](c2ccc(NS(=O)(=O)c3ccccc3)cc2)O[C@H]1c1ccc(CO)cc1. The van der Waals surface area contributed by atoms with Crippen molar-refractivity contribution in [3.05, 3.63) is 95.6 Å². The summed E-state index contributed by atoms with van der Waals surface area (Å²) in [5.74, 6) is 0.619. The molecule has 1 amide bonds. The van der Waals surface area contributed by atoms with Gasteiger partial charge in [-0.15, -0.1) is 0 Å². The highest BCUT2D eigenvalue weighted by Gasteiger charge is 2.46. The molecule has 3 aliphatic rings. The van der Waals surface area contributed by atoms with Crippen LogP contribution in [0.25, 0.3) is 0 Å². The van der Waals surface area contributed by atoms with Crippen molar-refractivity contribution < 1.29 is 27.8 Å². The Kier molecular flexibility index (Phi) is 10.8. The zero-order chi connectivity index (χ0) is 34.8. The Morgan fingerprint density at radius 2 is 1.55 bits per heavy atom. The number of nitrogens with one attached hydrogen (secondary N) is 2. The molecule has 1 aliphatic carbocycles. The van der Waals surface area contributed by atoms with Crippen LogP contribution in [0.3, 0.4) is 0 Å². The second-order valence-electron chi connectivity index (χ2n) is 15.0. The number of nitrogens with zero attached hydrogens (tertiary/aromatic N) is 1. The number of aliphatic hydroxyl groups excluding tert-OH is 1. The third-order valence-electron chi connectivity index (χ3n) is 10.3. The molecule has 0 spiro atoms. The van der Waals surface area contributed by atoms with Gasteiger partial charge in [0.1, 0.15) is 0 Å². The van der Waals surface area contributed by atoms with Crippen molar-refractivity contribution >= 4 is 21.6 Å². The van der Waals surface area contributed by atoms with Crippen LogP contribution in [-0.2, 0) is 30.9 Å². The fraction of sp³-hybridized carbons (Fsp3) is 0.513. The van der Waals surface area contributed by atoms with E-state index in [0.717, 1.165) is 42.4 Å². The number of ether oxygens (including phenoxy) is 2. The number of rotatable bonds is 9. The largest absolute Gasteiger partial charge is 0.392 e. The molecular formula is C39H51N3O6S. The summed E-state index contributed by atoms with van der Waals surface area (Å²) in [5, 5.41) is 12.9. The Hall–Kier alpha value is -3.28. The Labute approximate surface area is 291 Å². The van der Waals surface area contributed by atoms with Crippen molar-refractivity contribution in [2.45, 2.75) is 114 Å². The molecule has 7 atom stereocenters. The molecule has 0 bridgehead atoms. The third-order valence-corrected chi connectivity index (χ3v) is 11.7. The second-order valence-corrected chi connectivity index (χ2v) is 16.7. The van der Waals surface area contributed by atoms with Crippen LogP contribution in [0.5, 0.6) is 0 Å². The molecule has 264 valence electrons. The van der Waals surface area contributed by atoms with Gasteiger partial charge >= 0.3 is 0 Å². The summed E-state index contributed by atoms with van der Waals surface area (Å²) in [5.41, 5.74) is 2.70. The van der Waals surface area contributed by atoms with E-state index in [0.29, 0.717) is 24.2 Å². The molecule has 2 heterocycles. The van der Waals surface area contributed by atoms with Crippen LogP contribution in [0.15, 0.2) is 83.8 Å². The lowest BCUT2D eigenvalue weighted by atomic mass is 9.75. The summed E-state index contributed by atoms with van der Waals surface area (Å²) >= 11 is 0. The van der Waals surface area contributed by atoms with E-state index in [1.165, 1.54) is 12.8 Å². The maximum Gasteiger partial charge on any atom is 0.261 e. The molecule has 3 aromatic rings. The number of hydrogen-bond donors (Lipinski definition) is 3. The minimum absolute atomic E-state index is 0.0361. The van der Waals surface area contributed by atoms with Crippen LogP contribution in [0.2, 0.25) is 0 Å². The molecule has 3 N–H and O–H groups in total. The number of amides is 1. The van der Waals surface area contributed by atoms with Gasteiger partial charge in [-0.2, -0.15) is 0 Å². The number of sulfonamides is 1. The van der Waals surface area contributed by atoms with E-state index in [4.69, 9.17) is 9.47 Å². The number of anilines is 1. The summed E-state index contributed by atoms with van der Waals surface area (Å²) < 4.78 is 42.1. The highest BCUT2D eigenvalue weighted by Crippen LogP contribution is 2.44. The van der Waals surface area contributed by atoms with Crippen molar-refractivity contribution in [1.82, 2.24) is 10.2 Å². The van der Waals surface area contributed by atoms with E-state index in [9.17, 15) is 18.3 Å². The summed E-state index contributed by atoms with van der Waals surface area (Å²) in [6.45, 7) is 8.80. The molecule has 1 saturated carbocycles. The Morgan fingerprint density at radius 3 is 2.22 bits per heavy atom. The fourth-order valence-corrected chi connectivity index (χ4v) is 8.87. The van der Waals surface area contributed by atoms with Crippen LogP contribution in [0.4, 0.5) is 5.69 Å². The molecule has 49 heavy (non-hydrogen) atoms. The van der Waals surface area contributed by atoms with Gasteiger partial charge in [-0.3, -0.25) is 14.4 Å². The summed E-state index contributed by atoms with van der Waals surface area (Å²) in [6.07, 6.45) is 5.32. The quantitative estimate of drug-likeness (QED) is 0.229. The third kappa shape index (κ3) is 8.37. The van der Waals surface area contributed by atoms with E-state index in [1.54, 1.807) is 42.5 Å². The number of aliphatic hydroxyl groups is 1. The van der Waals surface area contributed by atoms with E-state index >= 15 is 0 Å². The lowest BCUT2D eigenvalue weighted by Crippen LogP contribution is -2.61. The highest BCUT2D eigenvalue weighted by molar-refractivity contribution is 7.92. The van der Waals surface area contributed by atoms with Crippen molar-refractivity contribution in [2.75, 3.05) is 11.3 Å². The maximum atomic E-state index is 13.8. The topological polar surface area (TPSA) is 117 Å². The van der Waals surface area contributed by atoms with Gasteiger partial charge in [0.05, 0.1) is 29.8 Å². The molecule has 2 saturated heterocycles. The van der Waals surface area contributed by atoms with Gasteiger partial charge in [0, 0.05) is 35.3 Å². The van der Waals surface area contributed by atoms with Gasteiger partial charge in [0.2, 0.25) is 5.91 Å². The molecule has 9 nitrogen and oxygen atoms in total. The van der Waals surface area contributed by atoms with Crippen LogP contribution in [0.1, 0.15) is 95.3 Å². The maximum absolute atomic E-state index is 13.8. The Morgan fingerprint density at radius 1 is 0.878 bits per heavy atom. The molecule has 0 unspecified atom stereocenters. The molecule has 3 fully saturated rings. The van der Waals surface area contributed by atoms with Gasteiger partial charge in [0.15, 0.2) is 6.29 Å². The first-order valence-corrected chi connectivity index (χ1v) is 19.2. The monoisotopic (exact) mass is 689 g/mol. The zero-order valence-electron chi connectivity index (χ0n) is 29.0. The molecule has 3 aromatic carbocycles. The summed E-state index contributed by atoms with van der Waals surface area (Å²) in [6, 6.07) is 23.4. The molecule has 0 aromatic heterocycles. The van der Waals surface area contributed by atoms with Crippen LogP contribution in [0, 0.1) is 11.8 Å². The molecular weight excluding hydrogens is 639 g/mol. The van der Waals surface area contributed by atoms with Gasteiger partial charge in [-0.25, -0.2) is 8.42 Å². The van der Waals surface area contributed by atoms with Crippen molar-refractivity contribution in [2.24, 2.45) is 11.8 Å². The van der Waals surface area contributed by atoms with Crippen LogP contribution >= 0.6 is 0 Å². The number of hydrogen-bond acceptors (Lipinski definition) is 7. The number of piperidine rings is 1. The van der Waals surface area contributed by atoms with Gasteiger partial charge in [-0.1, -0.05) is 74.4 Å². The predicted octanol–water partition coefficient (Wildman–Crippen LogP) is 6.71. The summed E-state index contributed by atoms with van der Waals surface area (Å²) in [7, 11) is -3.74. The Bertz CT molecular complexity index is 1660. The lowest BCUT2D eigenvalue weighted by Gasteiger charge is -2.51. The van der Waals surface area contributed by atoms with E-state index in [2.05, 4.69) is 21.9 Å². The Balaban J connectivity index is 1.28. The van der Waals surface area contributed by atoms with Crippen LogP contribution < -0.4 is 10.0 Å². The lowest BCUT2D eigenvalue weighted by molar-refractivity contribution is -0.278. The summed E-state index contributed by atoms with van der Waals surface area (Å²) in [4.78, 5) is 16.4. The van der Waals surface area contributed by atoms with E-state index in [-0.39, 0.29) is 47.1 Å². The minimum Gasteiger partial charge on any atom is -0.392 e. The zero-order valence-corrected chi connectivity index (χ0v) is 29.9. The second kappa shape index (κ2) is 14.9. The van der Waals surface area contributed by atoms with Crippen LogP contribution in [-0.4, -0.2) is 54.6 Å². The number of likely N-dealkylation sites (tertiary alicyclic amines) is 1. The smallest absolute Gasteiger partial charge is 0.261 e. The first kappa shape index (κ1) is 35.5. The molecule has 0 radical (unpaired) electrons. The van der Waals surface area contributed by atoms with Gasteiger partial charge in [-0.05, 0) is 87.8 Å². The number of benzene rings is 3. The average Bonchev–Trinajstić information content (AvgIpc) is 3.09. The average molecular weight is 690 g/mol. The highest BCUT2D eigenvalue weighted by atomic mass is 32.2. The van der Waals surface area contributed by atoms with E-state index in [1.807, 2.05) is 57.2 Å². The van der Waals surface area contributed by atoms with E-state index < -0.39 is 16.3 Å². The van der Waals surface area contributed by atoms with Gasteiger partial charge in [0.25, 0.3) is 10.0 Å². The first-order valence-electron chi connectivity index (χ1n) is 17.7. The standard InChI is InChI=1S/C39H51N3O6S/c1-26-35(24-42-33-13-9-8-10-28(33)20-23-34(42)37(44)40-39(2,3)4)47-38(48-36(26)29-16-14-27(25-43)15-17-29)30-18-21-31(22-19-30)41-49(45,46)32-11-6-5-7-12-32/h5-7,11-12,14-19,21-22,26,28,33-36,38,41,43H,8-10,13,20,23-25H2,1-4H3,(H,40,44)/t26-,28+,33+,34+,35+,36+,38+/m0/s1. The molecule has 10 heteroatoms. The van der Waals surface area contributed by atoms with Crippen molar-refractivity contribution in [1.29, 1.82) is 0 Å². The normalized spacial score (nSPS) is 28.0. The first-order chi connectivity index (χ1) is 23.4. The molecule has 6 rings (SSSR count). The fourth-order valence-electron chi connectivity index (χ4n) is 7.79. The predicted molar refractivity (Wildman–Crippen MR) is 190 cm³/mol. The number of carbonyl (C=O) groups excluding carboxylic acids is 1.